The predicted molar refractivity (Wildman–Crippen MR) is 162 cm³/mol. The Morgan fingerprint density at radius 1 is 1.02 bits per heavy atom. The molecule has 4 saturated heterocycles. The molecule has 8 nitrogen and oxygen atoms in total. The first-order chi connectivity index (χ1) is 20.3. The van der Waals surface area contributed by atoms with Crippen LogP contribution in [-0.2, 0) is 14.3 Å². The Labute approximate surface area is 251 Å². The largest absolute Gasteiger partial charge is 0.381 e. The van der Waals surface area contributed by atoms with E-state index in [1.54, 1.807) is 0 Å². The fourth-order valence-electron chi connectivity index (χ4n) is 8.93. The highest BCUT2D eigenvalue weighted by Crippen LogP contribution is 2.48. The maximum Gasteiger partial charge on any atom is 0.320 e. The van der Waals surface area contributed by atoms with E-state index in [1.165, 1.54) is 12.8 Å². The van der Waals surface area contributed by atoms with Crippen molar-refractivity contribution in [2.75, 3.05) is 32.8 Å². The van der Waals surface area contributed by atoms with E-state index in [0.717, 1.165) is 83.4 Å². The van der Waals surface area contributed by atoms with Crippen molar-refractivity contribution in [2.24, 2.45) is 11.8 Å². The van der Waals surface area contributed by atoms with Crippen LogP contribution in [0.15, 0.2) is 30.3 Å². The first-order valence-corrected chi connectivity index (χ1v) is 16.6. The molecule has 1 aromatic carbocycles. The van der Waals surface area contributed by atoms with Crippen LogP contribution in [-0.4, -0.2) is 88.9 Å². The molecule has 3 amide bonds. The van der Waals surface area contributed by atoms with Crippen LogP contribution >= 0.6 is 0 Å². The molecule has 5 fully saturated rings. The van der Waals surface area contributed by atoms with Crippen LogP contribution in [0.5, 0.6) is 0 Å². The molecule has 0 aromatic heterocycles. The molecule has 1 N–H and O–H groups in total. The van der Waals surface area contributed by atoms with Crippen LogP contribution < -0.4 is 5.32 Å². The Kier molecular flexibility index (Phi) is 8.92. The van der Waals surface area contributed by atoms with E-state index < -0.39 is 0 Å². The first kappa shape index (κ1) is 29.6. The fourth-order valence-corrected chi connectivity index (χ4v) is 8.93. The summed E-state index contributed by atoms with van der Waals surface area (Å²) in [6.07, 6.45) is 9.97. The number of piperidine rings is 1. The van der Waals surface area contributed by atoms with E-state index in [0.29, 0.717) is 30.8 Å². The van der Waals surface area contributed by atoms with Gasteiger partial charge in [0.2, 0.25) is 5.91 Å². The van der Waals surface area contributed by atoms with Gasteiger partial charge >= 0.3 is 6.03 Å². The van der Waals surface area contributed by atoms with Crippen molar-refractivity contribution in [3.05, 3.63) is 35.9 Å². The first-order valence-electron chi connectivity index (χ1n) is 16.6. The summed E-state index contributed by atoms with van der Waals surface area (Å²) in [6, 6.07) is 11.6. The fraction of sp³-hybridized carbons (Fsp3) is 0.735. The van der Waals surface area contributed by atoms with Gasteiger partial charge in [0.1, 0.15) is 5.78 Å². The quantitative estimate of drug-likeness (QED) is 0.449. The van der Waals surface area contributed by atoms with E-state index in [9.17, 15) is 14.4 Å². The number of carbonyl (C=O) groups excluding carboxylic acids is 3. The number of carbonyl (C=O) groups is 3. The van der Waals surface area contributed by atoms with E-state index in [1.807, 2.05) is 18.2 Å². The zero-order valence-corrected chi connectivity index (χ0v) is 25.6. The average molecular weight is 579 g/mol. The van der Waals surface area contributed by atoms with Crippen molar-refractivity contribution in [1.29, 1.82) is 0 Å². The van der Waals surface area contributed by atoms with Gasteiger partial charge in [-0.3, -0.25) is 14.5 Å². The molecule has 1 aliphatic carbocycles. The molecule has 1 aromatic rings. The molecule has 6 rings (SSSR count). The van der Waals surface area contributed by atoms with Crippen LogP contribution in [0.4, 0.5) is 4.79 Å². The molecule has 4 aliphatic heterocycles. The Balaban J connectivity index is 1.13. The van der Waals surface area contributed by atoms with Gasteiger partial charge in [0, 0.05) is 69.7 Å². The summed E-state index contributed by atoms with van der Waals surface area (Å²) >= 11 is 0. The molecule has 2 bridgehead atoms. The van der Waals surface area contributed by atoms with E-state index in [2.05, 4.69) is 46.0 Å². The van der Waals surface area contributed by atoms with Gasteiger partial charge in [-0.2, -0.15) is 0 Å². The Morgan fingerprint density at radius 3 is 2.40 bits per heavy atom. The number of amides is 3. The van der Waals surface area contributed by atoms with Crippen molar-refractivity contribution in [2.45, 2.75) is 114 Å². The molecule has 3 unspecified atom stereocenters. The maximum absolute atomic E-state index is 13.8. The van der Waals surface area contributed by atoms with Crippen molar-refractivity contribution in [3.8, 4) is 0 Å². The van der Waals surface area contributed by atoms with Crippen LogP contribution in [0.1, 0.15) is 96.1 Å². The van der Waals surface area contributed by atoms with Gasteiger partial charge in [-0.15, -0.1) is 0 Å². The summed E-state index contributed by atoms with van der Waals surface area (Å²) in [4.78, 5) is 46.2. The average Bonchev–Trinajstić information content (AvgIpc) is 3.39. The number of ketones is 1. The third kappa shape index (κ3) is 6.12. The summed E-state index contributed by atoms with van der Waals surface area (Å²) in [6.45, 7) is 8.62. The number of ether oxygens (including phenoxy) is 1. The molecule has 1 saturated carbocycles. The molecule has 230 valence electrons. The van der Waals surface area contributed by atoms with E-state index >= 15 is 0 Å². The number of fused-ring (bicyclic) bond motifs is 2. The number of urea groups is 1. The van der Waals surface area contributed by atoms with Crippen LogP contribution in [0.3, 0.4) is 0 Å². The number of hydrogen-bond acceptors (Lipinski definition) is 5. The summed E-state index contributed by atoms with van der Waals surface area (Å²) in [5.74, 6) is 0.581. The van der Waals surface area contributed by atoms with Gasteiger partial charge in [0.25, 0.3) is 0 Å². The monoisotopic (exact) mass is 578 g/mol. The van der Waals surface area contributed by atoms with Crippen molar-refractivity contribution in [3.63, 3.8) is 0 Å². The van der Waals surface area contributed by atoms with Gasteiger partial charge in [-0.05, 0) is 83.1 Å². The summed E-state index contributed by atoms with van der Waals surface area (Å²) in [7, 11) is 0. The lowest BCUT2D eigenvalue weighted by Crippen LogP contribution is -2.60. The Bertz CT molecular complexity index is 1110. The molecule has 0 radical (unpaired) electrons. The van der Waals surface area contributed by atoms with Crippen LogP contribution in [0.25, 0.3) is 0 Å². The van der Waals surface area contributed by atoms with Crippen molar-refractivity contribution >= 4 is 17.7 Å². The second-order valence-corrected chi connectivity index (χ2v) is 14.0. The zero-order valence-electron chi connectivity index (χ0n) is 25.6. The lowest BCUT2D eigenvalue weighted by atomic mass is 9.81. The lowest BCUT2D eigenvalue weighted by Gasteiger charge is -2.49. The minimum Gasteiger partial charge on any atom is -0.381 e. The summed E-state index contributed by atoms with van der Waals surface area (Å²) in [5, 5.41) is 3.35. The van der Waals surface area contributed by atoms with Crippen LogP contribution in [0.2, 0.25) is 0 Å². The second kappa shape index (κ2) is 12.7. The highest BCUT2D eigenvalue weighted by atomic mass is 16.5. The van der Waals surface area contributed by atoms with Gasteiger partial charge in [0.05, 0.1) is 11.6 Å². The van der Waals surface area contributed by atoms with E-state index in [4.69, 9.17) is 4.74 Å². The molecule has 5 aliphatic rings. The van der Waals surface area contributed by atoms with Gasteiger partial charge < -0.3 is 19.9 Å². The minimum atomic E-state index is -0.200. The number of Topliss-reactive ketones (excluding diaryl/α,β-unsaturated/α-hetero) is 1. The molecular formula is C34H50N4O4. The van der Waals surface area contributed by atoms with Crippen LogP contribution in [0, 0.1) is 11.8 Å². The van der Waals surface area contributed by atoms with Gasteiger partial charge in [0.15, 0.2) is 0 Å². The number of nitrogens with zero attached hydrogens (tertiary/aromatic N) is 3. The molecule has 1 spiro atoms. The van der Waals surface area contributed by atoms with Gasteiger partial charge in [-0.1, -0.05) is 30.3 Å². The summed E-state index contributed by atoms with van der Waals surface area (Å²) in [5.41, 5.74) is 1.05. The SMILES string of the molecule is CC(C)N1C(=O)N(CC2CCOCC2)CC12CC1CCC(C2)N1CC[C@H](NC(=O)C1CCCC(=O)C1)c1ccccc1. The summed E-state index contributed by atoms with van der Waals surface area (Å²) < 4.78 is 5.58. The molecule has 4 atom stereocenters. The molecule has 8 heteroatoms. The number of rotatable bonds is 9. The third-order valence-electron chi connectivity index (χ3n) is 10.9. The van der Waals surface area contributed by atoms with Crippen molar-refractivity contribution < 1.29 is 19.1 Å². The standard InChI is InChI=1S/C34H50N4O4/c1-24(2)38-33(41)36(22-25-14-17-42-18-15-25)23-34(38)20-28-11-12-29(21-34)37(28)16-13-31(26-7-4-3-5-8-26)35-32(40)27-9-6-10-30(39)19-27/h3-5,7-8,24-25,27-29,31H,6,9-23H2,1-2H3,(H,35,40)/t27?,28?,29?,31-,34?/m0/s1. The number of benzene rings is 1. The second-order valence-electron chi connectivity index (χ2n) is 14.0. The van der Waals surface area contributed by atoms with Crippen molar-refractivity contribution in [1.82, 2.24) is 20.0 Å². The van der Waals surface area contributed by atoms with Gasteiger partial charge in [-0.25, -0.2) is 4.79 Å². The predicted octanol–water partition coefficient (Wildman–Crippen LogP) is 4.93. The van der Waals surface area contributed by atoms with E-state index in [-0.39, 0.29) is 41.3 Å². The molecular weight excluding hydrogens is 528 g/mol. The molecule has 42 heavy (non-hydrogen) atoms. The Hall–Kier alpha value is -2.45. The zero-order chi connectivity index (χ0) is 29.3. The number of hydrogen-bond donors (Lipinski definition) is 1. The lowest BCUT2D eigenvalue weighted by molar-refractivity contribution is -0.132. The third-order valence-corrected chi connectivity index (χ3v) is 10.9. The smallest absolute Gasteiger partial charge is 0.320 e. The minimum absolute atomic E-state index is 0.0270. The number of nitrogens with one attached hydrogen (secondary N) is 1. The maximum atomic E-state index is 13.8. The normalized spacial score (nSPS) is 31.4. The Morgan fingerprint density at radius 2 is 1.74 bits per heavy atom. The molecule has 4 heterocycles. The topological polar surface area (TPSA) is 82.2 Å². The highest BCUT2D eigenvalue weighted by molar-refractivity contribution is 5.88. The highest BCUT2D eigenvalue weighted by Gasteiger charge is 2.57.